The molecular weight excluding hydrogens is 488 g/mol. The van der Waals surface area contributed by atoms with Gasteiger partial charge in [-0.1, -0.05) is 12.8 Å². The summed E-state index contributed by atoms with van der Waals surface area (Å²) in [4.78, 5) is 34.5. The van der Waals surface area contributed by atoms with Crippen LogP contribution < -0.4 is 10.6 Å². The number of pyridine rings is 1. The van der Waals surface area contributed by atoms with Crippen LogP contribution in [0, 0.1) is 13.8 Å². The van der Waals surface area contributed by atoms with Crippen molar-refractivity contribution >= 4 is 33.7 Å². The van der Waals surface area contributed by atoms with Gasteiger partial charge in [-0.25, -0.2) is 4.52 Å². The monoisotopic (exact) mass is 524 g/mol. The van der Waals surface area contributed by atoms with E-state index in [1.54, 1.807) is 34.6 Å². The van der Waals surface area contributed by atoms with Crippen LogP contribution in [-0.2, 0) is 7.05 Å². The molecule has 10 nitrogen and oxygen atoms in total. The van der Waals surface area contributed by atoms with Gasteiger partial charge >= 0.3 is 0 Å². The van der Waals surface area contributed by atoms with Gasteiger partial charge in [0, 0.05) is 47.1 Å². The standard InChI is InChI=1S/C26H32N8O2S.2H2/c1-17-21(15-32(3)31-17)23-16-34-26(37-23)20(14-29-34)25(36)30-22-12-19(13-28-18(22)2)24(35)27-8-11-33-9-6-4-5-7-10-33;;/h12-16H,4-11H2,1-3H3,(H,27,35)(H,30,36);2*1H. The van der Waals surface area contributed by atoms with Crippen molar-refractivity contribution in [2.75, 3.05) is 31.5 Å². The molecule has 37 heavy (non-hydrogen) atoms. The molecule has 1 saturated heterocycles. The highest BCUT2D eigenvalue weighted by molar-refractivity contribution is 7.21. The molecule has 1 aliphatic heterocycles. The topological polar surface area (TPSA) is 109 Å². The number of aryl methyl sites for hydroxylation is 3. The zero-order valence-corrected chi connectivity index (χ0v) is 22.3. The van der Waals surface area contributed by atoms with Crippen molar-refractivity contribution in [3.8, 4) is 10.4 Å². The van der Waals surface area contributed by atoms with Gasteiger partial charge in [-0.3, -0.25) is 19.3 Å². The molecule has 2 N–H and O–H groups in total. The number of anilines is 1. The Bertz CT molecular complexity index is 1440. The lowest BCUT2D eigenvalue weighted by Gasteiger charge is -2.19. The summed E-state index contributed by atoms with van der Waals surface area (Å²) in [5, 5.41) is 14.7. The van der Waals surface area contributed by atoms with E-state index in [1.165, 1.54) is 37.0 Å². The van der Waals surface area contributed by atoms with Crippen molar-refractivity contribution in [2.24, 2.45) is 7.05 Å². The van der Waals surface area contributed by atoms with E-state index in [1.807, 2.05) is 26.4 Å². The number of likely N-dealkylation sites (tertiary alicyclic amines) is 1. The van der Waals surface area contributed by atoms with E-state index in [9.17, 15) is 9.59 Å². The van der Waals surface area contributed by atoms with Gasteiger partial charge in [-0.15, -0.1) is 11.3 Å². The fourth-order valence-corrected chi connectivity index (χ4v) is 5.79. The first-order valence-corrected chi connectivity index (χ1v) is 13.5. The number of rotatable bonds is 7. The summed E-state index contributed by atoms with van der Waals surface area (Å²) in [5.74, 6) is -0.490. The van der Waals surface area contributed by atoms with Crippen molar-refractivity contribution in [2.45, 2.75) is 39.5 Å². The maximum atomic E-state index is 13.2. The Kier molecular flexibility index (Phi) is 7.33. The molecule has 198 valence electrons. The Morgan fingerprint density at radius 3 is 2.57 bits per heavy atom. The Morgan fingerprint density at radius 1 is 1.05 bits per heavy atom. The average molecular weight is 525 g/mol. The summed E-state index contributed by atoms with van der Waals surface area (Å²) in [6, 6.07) is 1.68. The van der Waals surface area contributed by atoms with Crippen LogP contribution in [-0.4, -0.2) is 67.3 Å². The van der Waals surface area contributed by atoms with E-state index >= 15 is 0 Å². The van der Waals surface area contributed by atoms with Gasteiger partial charge in [0.2, 0.25) is 0 Å². The predicted molar refractivity (Wildman–Crippen MR) is 148 cm³/mol. The van der Waals surface area contributed by atoms with Crippen molar-refractivity contribution in [3.63, 3.8) is 0 Å². The van der Waals surface area contributed by atoms with Crippen LogP contribution in [0.1, 0.15) is 60.6 Å². The summed E-state index contributed by atoms with van der Waals surface area (Å²) >= 11 is 1.49. The molecule has 0 saturated carbocycles. The van der Waals surface area contributed by atoms with E-state index in [-0.39, 0.29) is 14.7 Å². The quantitative estimate of drug-likeness (QED) is 0.376. The number of hydrogen-bond donors (Lipinski definition) is 2. The lowest BCUT2D eigenvalue weighted by Crippen LogP contribution is -2.35. The van der Waals surface area contributed by atoms with Gasteiger partial charge in [-0.2, -0.15) is 10.2 Å². The Morgan fingerprint density at radius 2 is 1.84 bits per heavy atom. The van der Waals surface area contributed by atoms with Crippen molar-refractivity contribution in [1.29, 1.82) is 0 Å². The number of carbonyl (C=O) groups is 2. The second-order valence-corrected chi connectivity index (χ2v) is 10.6. The number of amides is 2. The number of thiazole rings is 1. The Balaban J connectivity index is 0.00000210. The molecular formula is C26H36N8O2S. The molecule has 1 aliphatic rings. The molecule has 0 spiro atoms. The highest BCUT2D eigenvalue weighted by Crippen LogP contribution is 2.32. The molecule has 0 atom stereocenters. The van der Waals surface area contributed by atoms with Gasteiger partial charge in [0.05, 0.1) is 39.3 Å². The third-order valence-electron chi connectivity index (χ3n) is 6.73. The first-order valence-electron chi connectivity index (χ1n) is 12.7. The summed E-state index contributed by atoms with van der Waals surface area (Å²) in [5.41, 5.74) is 3.95. The average Bonchev–Trinajstić information content (AvgIpc) is 3.48. The Labute approximate surface area is 222 Å². The number of carbonyl (C=O) groups excluding carboxylic acids is 2. The van der Waals surface area contributed by atoms with E-state index in [0.29, 0.717) is 29.1 Å². The molecule has 0 aliphatic carbocycles. The second kappa shape index (κ2) is 10.8. The van der Waals surface area contributed by atoms with Gasteiger partial charge in [0.15, 0.2) is 0 Å². The number of fused-ring (bicyclic) bond motifs is 1. The second-order valence-electron chi connectivity index (χ2n) is 9.53. The fraction of sp³-hybridized carbons (Fsp3) is 0.423. The minimum Gasteiger partial charge on any atom is -0.351 e. The highest BCUT2D eigenvalue weighted by Gasteiger charge is 2.19. The van der Waals surface area contributed by atoms with Crippen molar-refractivity contribution in [1.82, 2.24) is 34.6 Å². The van der Waals surface area contributed by atoms with Crippen LogP contribution in [0.25, 0.3) is 15.3 Å². The first-order chi connectivity index (χ1) is 17.9. The number of aromatic nitrogens is 5. The van der Waals surface area contributed by atoms with Crippen molar-refractivity contribution in [3.05, 3.63) is 53.4 Å². The maximum absolute atomic E-state index is 13.2. The molecule has 0 radical (unpaired) electrons. The lowest BCUT2D eigenvalue weighted by atomic mass is 10.2. The van der Waals surface area contributed by atoms with E-state index in [4.69, 9.17) is 0 Å². The smallest absolute Gasteiger partial charge is 0.260 e. The van der Waals surface area contributed by atoms with E-state index in [0.717, 1.165) is 40.6 Å². The van der Waals surface area contributed by atoms with Gasteiger partial charge in [-0.05, 0) is 45.8 Å². The molecule has 0 bridgehead atoms. The summed E-state index contributed by atoms with van der Waals surface area (Å²) in [6.07, 6.45) is 12.0. The minimum atomic E-state index is -0.296. The molecule has 4 aromatic heterocycles. The third kappa shape index (κ3) is 5.57. The van der Waals surface area contributed by atoms with Crippen LogP contribution in [0.3, 0.4) is 0 Å². The lowest BCUT2D eigenvalue weighted by molar-refractivity contribution is 0.0946. The predicted octanol–water partition coefficient (Wildman–Crippen LogP) is 4.16. The van der Waals surface area contributed by atoms with Crippen LogP contribution >= 0.6 is 11.3 Å². The number of nitrogens with one attached hydrogen (secondary N) is 2. The summed E-state index contributed by atoms with van der Waals surface area (Å²) in [7, 11) is 1.88. The van der Waals surface area contributed by atoms with Crippen molar-refractivity contribution < 1.29 is 12.4 Å². The number of nitrogens with zero attached hydrogens (tertiary/aromatic N) is 6. The minimum absolute atomic E-state index is 0. The molecule has 5 heterocycles. The SMILES string of the molecule is Cc1ncc(C(=O)NCCN2CCCCCC2)cc1NC(=O)c1cnn2cc(-c3cn(C)nc3C)sc12.[HH].[HH]. The molecule has 4 aromatic rings. The highest BCUT2D eigenvalue weighted by atomic mass is 32.1. The van der Waals surface area contributed by atoms with Gasteiger partial charge < -0.3 is 15.5 Å². The summed E-state index contributed by atoms with van der Waals surface area (Å²) < 4.78 is 3.48. The van der Waals surface area contributed by atoms with E-state index in [2.05, 4.69) is 30.7 Å². The Hall–Kier alpha value is -3.57. The zero-order valence-electron chi connectivity index (χ0n) is 21.5. The maximum Gasteiger partial charge on any atom is 0.260 e. The van der Waals surface area contributed by atoms with Gasteiger partial charge in [0.25, 0.3) is 11.8 Å². The number of hydrogen-bond acceptors (Lipinski definition) is 7. The van der Waals surface area contributed by atoms with Crippen LogP contribution in [0.2, 0.25) is 0 Å². The fourth-order valence-electron chi connectivity index (χ4n) is 4.67. The van der Waals surface area contributed by atoms with Crippen LogP contribution in [0.15, 0.2) is 30.9 Å². The van der Waals surface area contributed by atoms with Crippen LogP contribution in [0.5, 0.6) is 0 Å². The molecule has 1 fully saturated rings. The molecule has 0 aromatic carbocycles. The molecule has 11 heteroatoms. The molecule has 0 unspecified atom stereocenters. The zero-order chi connectivity index (χ0) is 25.9. The van der Waals surface area contributed by atoms with E-state index < -0.39 is 0 Å². The largest absolute Gasteiger partial charge is 0.351 e. The third-order valence-corrected chi connectivity index (χ3v) is 7.87. The normalized spacial score (nSPS) is 14.6. The molecule has 2 amide bonds. The summed E-state index contributed by atoms with van der Waals surface area (Å²) in [6.45, 7) is 7.37. The first kappa shape index (κ1) is 25.1. The molecule has 5 rings (SSSR count). The van der Waals surface area contributed by atoms with Crippen LogP contribution in [0.4, 0.5) is 5.69 Å². The van der Waals surface area contributed by atoms with Gasteiger partial charge in [0.1, 0.15) is 4.83 Å².